The topological polar surface area (TPSA) is 84.2 Å². The minimum Gasteiger partial charge on any atom is -0.383 e. The van der Waals surface area contributed by atoms with E-state index in [4.69, 9.17) is 5.73 Å². The number of hydrogen-bond acceptors (Lipinski definition) is 4. The van der Waals surface area contributed by atoms with Crippen molar-refractivity contribution in [3.63, 3.8) is 0 Å². The molecule has 102 valence electrons. The first-order valence-corrected chi connectivity index (χ1v) is 7.66. The van der Waals surface area contributed by atoms with Crippen LogP contribution in [0.4, 0.5) is 11.4 Å². The fourth-order valence-electron chi connectivity index (χ4n) is 1.45. The van der Waals surface area contributed by atoms with E-state index in [9.17, 15) is 8.42 Å². The third kappa shape index (κ3) is 5.88. The minimum atomic E-state index is -3.27. The van der Waals surface area contributed by atoms with Crippen molar-refractivity contribution in [2.24, 2.45) is 5.73 Å². The van der Waals surface area contributed by atoms with E-state index >= 15 is 0 Å². The molecule has 6 heteroatoms. The number of benzene rings is 1. The molecular formula is C12H21N3O2S. The van der Waals surface area contributed by atoms with Crippen LogP contribution in [0.3, 0.4) is 0 Å². The van der Waals surface area contributed by atoms with E-state index in [1.54, 1.807) is 12.1 Å². The van der Waals surface area contributed by atoms with Crippen LogP contribution >= 0.6 is 0 Å². The van der Waals surface area contributed by atoms with Gasteiger partial charge in [-0.15, -0.1) is 0 Å². The fraction of sp³-hybridized carbons (Fsp3) is 0.500. The maximum atomic E-state index is 11.2. The van der Waals surface area contributed by atoms with Crippen LogP contribution in [0.25, 0.3) is 0 Å². The van der Waals surface area contributed by atoms with Crippen LogP contribution in [0.5, 0.6) is 0 Å². The number of rotatable bonds is 6. The number of nitrogens with two attached hydrogens (primary N) is 1. The Morgan fingerprint density at radius 1 is 1.22 bits per heavy atom. The summed E-state index contributed by atoms with van der Waals surface area (Å²) in [6.07, 6.45) is 1.92. The Bertz CT molecular complexity index is 492. The highest BCUT2D eigenvalue weighted by molar-refractivity contribution is 7.92. The van der Waals surface area contributed by atoms with E-state index in [2.05, 4.69) is 10.0 Å². The van der Waals surface area contributed by atoms with Crippen molar-refractivity contribution in [2.75, 3.05) is 22.8 Å². The molecule has 0 aliphatic carbocycles. The van der Waals surface area contributed by atoms with Gasteiger partial charge in [0.1, 0.15) is 0 Å². The zero-order chi connectivity index (χ0) is 13.8. The predicted molar refractivity (Wildman–Crippen MR) is 76.3 cm³/mol. The number of hydrogen-bond donors (Lipinski definition) is 3. The third-order valence-electron chi connectivity index (χ3n) is 2.31. The van der Waals surface area contributed by atoms with E-state index in [1.165, 1.54) is 0 Å². The van der Waals surface area contributed by atoms with Gasteiger partial charge in [-0.25, -0.2) is 8.42 Å². The molecule has 0 aliphatic rings. The molecule has 0 aromatic heterocycles. The van der Waals surface area contributed by atoms with E-state index < -0.39 is 10.0 Å². The van der Waals surface area contributed by atoms with Crippen LogP contribution in [0.1, 0.15) is 20.3 Å². The van der Waals surface area contributed by atoms with Gasteiger partial charge >= 0.3 is 0 Å². The number of sulfonamides is 1. The maximum Gasteiger partial charge on any atom is 0.229 e. The molecule has 0 saturated heterocycles. The molecule has 4 N–H and O–H groups in total. The largest absolute Gasteiger partial charge is 0.383 e. The molecule has 0 unspecified atom stereocenters. The summed E-state index contributed by atoms with van der Waals surface area (Å²) in [5.41, 5.74) is 6.95. The van der Waals surface area contributed by atoms with E-state index in [1.807, 2.05) is 26.0 Å². The fourth-order valence-corrected chi connectivity index (χ4v) is 2.02. The normalized spacial score (nSPS) is 12.2. The molecule has 1 aromatic carbocycles. The lowest BCUT2D eigenvalue weighted by atomic mass is 10.0. The summed E-state index contributed by atoms with van der Waals surface area (Å²) in [6, 6.07) is 7.18. The summed E-state index contributed by atoms with van der Waals surface area (Å²) in [5, 5.41) is 3.19. The molecule has 0 aliphatic heterocycles. The van der Waals surface area contributed by atoms with Gasteiger partial charge in [0.2, 0.25) is 10.0 Å². The molecule has 1 aromatic rings. The van der Waals surface area contributed by atoms with Gasteiger partial charge in [-0.1, -0.05) is 12.1 Å². The van der Waals surface area contributed by atoms with Gasteiger partial charge in [0.15, 0.2) is 0 Å². The van der Waals surface area contributed by atoms with E-state index in [0.29, 0.717) is 12.2 Å². The van der Waals surface area contributed by atoms with Gasteiger partial charge in [-0.2, -0.15) is 0 Å². The second-order valence-electron chi connectivity index (χ2n) is 5.09. The molecule has 5 nitrogen and oxygen atoms in total. The van der Waals surface area contributed by atoms with Crippen molar-refractivity contribution < 1.29 is 8.42 Å². The van der Waals surface area contributed by atoms with Gasteiger partial charge < -0.3 is 11.1 Å². The number of nitrogens with one attached hydrogen (secondary N) is 2. The summed E-state index contributed by atoms with van der Waals surface area (Å²) in [6.45, 7) is 4.59. The summed E-state index contributed by atoms with van der Waals surface area (Å²) >= 11 is 0. The van der Waals surface area contributed by atoms with Crippen LogP contribution in [-0.4, -0.2) is 26.8 Å². The van der Waals surface area contributed by atoms with Crippen LogP contribution in [0, 0.1) is 0 Å². The van der Waals surface area contributed by atoms with Gasteiger partial charge in [0.25, 0.3) is 0 Å². The standard InChI is InChI=1S/C12H21N3O2S/c1-12(2,13)8-9-14-10-6-4-5-7-11(10)15-18(3,16)17/h4-7,14-15H,8-9,13H2,1-3H3. The number of para-hydroxylation sites is 2. The van der Waals surface area contributed by atoms with Crippen molar-refractivity contribution in [3.8, 4) is 0 Å². The van der Waals surface area contributed by atoms with Crippen molar-refractivity contribution in [3.05, 3.63) is 24.3 Å². The SMILES string of the molecule is CC(C)(N)CCNc1ccccc1NS(C)(=O)=O. The molecule has 0 radical (unpaired) electrons. The summed E-state index contributed by atoms with van der Waals surface area (Å²) < 4.78 is 24.9. The molecule has 0 spiro atoms. The Labute approximate surface area is 109 Å². The first kappa shape index (κ1) is 14.8. The average Bonchev–Trinajstić information content (AvgIpc) is 2.16. The Hall–Kier alpha value is -1.27. The second kappa shape index (κ2) is 5.58. The van der Waals surface area contributed by atoms with Gasteiger partial charge in [-0.3, -0.25) is 4.72 Å². The van der Waals surface area contributed by atoms with Gasteiger partial charge in [0, 0.05) is 12.1 Å². The monoisotopic (exact) mass is 271 g/mol. The van der Waals surface area contributed by atoms with Crippen LogP contribution in [0.2, 0.25) is 0 Å². The summed E-state index contributed by atoms with van der Waals surface area (Å²) in [5.74, 6) is 0. The number of anilines is 2. The molecular weight excluding hydrogens is 250 g/mol. The zero-order valence-electron chi connectivity index (χ0n) is 11.0. The molecule has 0 saturated carbocycles. The lowest BCUT2D eigenvalue weighted by Crippen LogP contribution is -2.34. The highest BCUT2D eigenvalue weighted by Crippen LogP contribution is 2.22. The quantitative estimate of drug-likeness (QED) is 0.733. The van der Waals surface area contributed by atoms with Gasteiger partial charge in [-0.05, 0) is 32.4 Å². The van der Waals surface area contributed by atoms with Crippen molar-refractivity contribution in [2.45, 2.75) is 25.8 Å². The minimum absolute atomic E-state index is 0.244. The first-order chi connectivity index (χ1) is 8.17. The van der Waals surface area contributed by atoms with Crippen molar-refractivity contribution >= 4 is 21.4 Å². The van der Waals surface area contributed by atoms with Gasteiger partial charge in [0.05, 0.1) is 17.6 Å². The smallest absolute Gasteiger partial charge is 0.229 e. The molecule has 0 bridgehead atoms. The zero-order valence-corrected chi connectivity index (χ0v) is 11.8. The van der Waals surface area contributed by atoms with E-state index in [-0.39, 0.29) is 5.54 Å². The third-order valence-corrected chi connectivity index (χ3v) is 2.90. The van der Waals surface area contributed by atoms with Crippen LogP contribution in [0.15, 0.2) is 24.3 Å². The van der Waals surface area contributed by atoms with Crippen molar-refractivity contribution in [1.82, 2.24) is 0 Å². The summed E-state index contributed by atoms with van der Waals surface area (Å²) in [4.78, 5) is 0. The Morgan fingerprint density at radius 2 is 1.78 bits per heavy atom. The Kier molecular flexibility index (Phi) is 4.59. The predicted octanol–water partition coefficient (Wildman–Crippen LogP) is 1.60. The lowest BCUT2D eigenvalue weighted by Gasteiger charge is -2.19. The van der Waals surface area contributed by atoms with Crippen LogP contribution < -0.4 is 15.8 Å². The maximum absolute atomic E-state index is 11.2. The second-order valence-corrected chi connectivity index (χ2v) is 6.83. The summed E-state index contributed by atoms with van der Waals surface area (Å²) in [7, 11) is -3.27. The first-order valence-electron chi connectivity index (χ1n) is 5.77. The average molecular weight is 271 g/mol. The molecule has 0 heterocycles. The molecule has 1 rings (SSSR count). The van der Waals surface area contributed by atoms with Crippen LogP contribution in [-0.2, 0) is 10.0 Å². The molecule has 0 fully saturated rings. The van der Waals surface area contributed by atoms with E-state index in [0.717, 1.165) is 18.4 Å². The molecule has 18 heavy (non-hydrogen) atoms. The molecule has 0 atom stereocenters. The highest BCUT2D eigenvalue weighted by Gasteiger charge is 2.11. The lowest BCUT2D eigenvalue weighted by molar-refractivity contribution is 0.491. The van der Waals surface area contributed by atoms with Crippen molar-refractivity contribution in [1.29, 1.82) is 0 Å². The Balaban J connectivity index is 2.71. The Morgan fingerprint density at radius 3 is 2.28 bits per heavy atom. The highest BCUT2D eigenvalue weighted by atomic mass is 32.2. The molecule has 0 amide bonds.